The van der Waals surface area contributed by atoms with Crippen LogP contribution in [-0.4, -0.2) is 0 Å². The Morgan fingerprint density at radius 3 is 2.20 bits per heavy atom. The van der Waals surface area contributed by atoms with Gasteiger partial charge in [0.25, 0.3) is 0 Å². The number of aryl methyl sites for hydroxylation is 1. The lowest BCUT2D eigenvalue weighted by Gasteiger charge is -2.18. The SMILES string of the molecule is CC.Cc1ccc(OC2=CCCC=C2CC(C)C)cc1. The zero-order valence-corrected chi connectivity index (χ0v) is 13.6. The summed E-state index contributed by atoms with van der Waals surface area (Å²) in [6.45, 7) is 10.6. The van der Waals surface area contributed by atoms with Crippen LogP contribution in [0.15, 0.2) is 47.7 Å². The normalized spacial score (nSPS) is 14.1. The summed E-state index contributed by atoms with van der Waals surface area (Å²) >= 11 is 0. The minimum absolute atomic E-state index is 0.666. The van der Waals surface area contributed by atoms with Gasteiger partial charge in [0.1, 0.15) is 11.5 Å². The number of hydrogen-bond acceptors (Lipinski definition) is 1. The molecule has 1 aliphatic rings. The molecule has 0 aromatic heterocycles. The van der Waals surface area contributed by atoms with E-state index < -0.39 is 0 Å². The molecule has 1 heteroatoms. The molecule has 1 aromatic rings. The van der Waals surface area contributed by atoms with Crippen molar-refractivity contribution >= 4 is 0 Å². The molecule has 2 rings (SSSR count). The van der Waals surface area contributed by atoms with Crippen molar-refractivity contribution in [3.05, 3.63) is 53.3 Å². The minimum Gasteiger partial charge on any atom is -0.457 e. The van der Waals surface area contributed by atoms with Crippen molar-refractivity contribution in [2.45, 2.75) is 53.9 Å². The molecule has 0 amide bonds. The molecular weight excluding hydrogens is 244 g/mol. The van der Waals surface area contributed by atoms with Gasteiger partial charge in [0.15, 0.2) is 0 Å². The average Bonchev–Trinajstić information content (AvgIpc) is 2.45. The fourth-order valence-electron chi connectivity index (χ4n) is 2.17. The number of ether oxygens (including phenoxy) is 1. The van der Waals surface area contributed by atoms with E-state index in [1.807, 2.05) is 26.0 Å². The molecule has 110 valence electrons. The van der Waals surface area contributed by atoms with Crippen LogP contribution in [0.25, 0.3) is 0 Å². The molecular formula is C19H28O. The Bertz CT molecular complexity index is 449. The molecule has 1 nitrogen and oxygen atoms in total. The Balaban J connectivity index is 0.000000956. The van der Waals surface area contributed by atoms with Crippen LogP contribution in [-0.2, 0) is 0 Å². The van der Waals surface area contributed by atoms with Crippen LogP contribution in [0.3, 0.4) is 0 Å². The largest absolute Gasteiger partial charge is 0.457 e. The maximum Gasteiger partial charge on any atom is 0.127 e. The summed E-state index contributed by atoms with van der Waals surface area (Å²) in [7, 11) is 0. The summed E-state index contributed by atoms with van der Waals surface area (Å²) in [5.74, 6) is 2.65. The van der Waals surface area contributed by atoms with E-state index in [2.05, 4.69) is 45.1 Å². The first kappa shape index (κ1) is 16.6. The van der Waals surface area contributed by atoms with Crippen LogP contribution >= 0.6 is 0 Å². The Morgan fingerprint density at radius 1 is 1.00 bits per heavy atom. The molecule has 0 fully saturated rings. The second-order valence-electron chi connectivity index (χ2n) is 5.39. The molecule has 20 heavy (non-hydrogen) atoms. The standard InChI is InChI=1S/C17H22O.C2H6/c1-13(2)12-15-6-4-5-7-17(15)18-16-10-8-14(3)9-11-16;1-2/h6-11,13H,4-5,12H2,1-3H3;1-2H3. The molecule has 0 unspecified atom stereocenters. The molecule has 0 radical (unpaired) electrons. The maximum atomic E-state index is 6.02. The van der Waals surface area contributed by atoms with E-state index in [1.54, 1.807) is 0 Å². The van der Waals surface area contributed by atoms with Gasteiger partial charge >= 0.3 is 0 Å². The fourth-order valence-corrected chi connectivity index (χ4v) is 2.17. The van der Waals surface area contributed by atoms with E-state index in [0.717, 1.165) is 30.8 Å². The lowest BCUT2D eigenvalue weighted by atomic mass is 9.96. The predicted molar refractivity (Wildman–Crippen MR) is 88.0 cm³/mol. The highest BCUT2D eigenvalue weighted by atomic mass is 16.5. The number of allylic oxidation sites excluding steroid dienone is 3. The summed E-state index contributed by atoms with van der Waals surface area (Å²) < 4.78 is 6.02. The molecule has 0 N–H and O–H groups in total. The van der Waals surface area contributed by atoms with Crippen LogP contribution in [0.4, 0.5) is 0 Å². The number of rotatable bonds is 4. The maximum absolute atomic E-state index is 6.02. The van der Waals surface area contributed by atoms with Crippen molar-refractivity contribution < 1.29 is 4.74 Å². The Hall–Kier alpha value is -1.50. The summed E-state index contributed by atoms with van der Waals surface area (Å²) in [4.78, 5) is 0. The molecule has 0 saturated carbocycles. The molecule has 0 bridgehead atoms. The van der Waals surface area contributed by atoms with E-state index in [9.17, 15) is 0 Å². The van der Waals surface area contributed by atoms with Gasteiger partial charge in [-0.25, -0.2) is 0 Å². The molecule has 1 aromatic carbocycles. The molecule has 0 aliphatic heterocycles. The van der Waals surface area contributed by atoms with Crippen molar-refractivity contribution in [3.63, 3.8) is 0 Å². The van der Waals surface area contributed by atoms with Gasteiger partial charge in [0.05, 0.1) is 0 Å². The summed E-state index contributed by atoms with van der Waals surface area (Å²) in [6.07, 6.45) is 7.87. The first-order valence-corrected chi connectivity index (χ1v) is 7.79. The van der Waals surface area contributed by atoms with Gasteiger partial charge in [-0.05, 0) is 55.9 Å². The molecule has 0 atom stereocenters. The van der Waals surface area contributed by atoms with E-state index in [1.165, 1.54) is 11.1 Å². The molecule has 0 saturated heterocycles. The molecule has 1 aliphatic carbocycles. The van der Waals surface area contributed by atoms with Crippen molar-refractivity contribution in [2.24, 2.45) is 5.92 Å². The summed E-state index contributed by atoms with van der Waals surface area (Å²) in [6, 6.07) is 8.25. The van der Waals surface area contributed by atoms with Crippen LogP contribution in [0.1, 0.15) is 52.5 Å². The van der Waals surface area contributed by atoms with Gasteiger partial charge in [-0.2, -0.15) is 0 Å². The molecule has 0 spiro atoms. The third-order valence-corrected chi connectivity index (χ3v) is 3.08. The van der Waals surface area contributed by atoms with Crippen LogP contribution in [0.5, 0.6) is 5.75 Å². The fraction of sp³-hybridized carbons (Fsp3) is 0.474. The Labute approximate surface area is 124 Å². The van der Waals surface area contributed by atoms with Gasteiger partial charge in [0, 0.05) is 0 Å². The first-order chi connectivity index (χ1) is 9.65. The van der Waals surface area contributed by atoms with Crippen molar-refractivity contribution in [1.29, 1.82) is 0 Å². The Morgan fingerprint density at radius 2 is 1.60 bits per heavy atom. The van der Waals surface area contributed by atoms with Crippen LogP contribution in [0, 0.1) is 12.8 Å². The highest BCUT2D eigenvalue weighted by molar-refractivity contribution is 5.35. The van der Waals surface area contributed by atoms with E-state index in [0.29, 0.717) is 5.92 Å². The third kappa shape index (κ3) is 5.24. The van der Waals surface area contributed by atoms with E-state index >= 15 is 0 Å². The topological polar surface area (TPSA) is 9.23 Å². The van der Waals surface area contributed by atoms with E-state index in [-0.39, 0.29) is 0 Å². The van der Waals surface area contributed by atoms with Crippen LogP contribution < -0.4 is 4.74 Å². The van der Waals surface area contributed by atoms with Crippen molar-refractivity contribution in [1.82, 2.24) is 0 Å². The third-order valence-electron chi connectivity index (χ3n) is 3.08. The van der Waals surface area contributed by atoms with E-state index in [4.69, 9.17) is 4.74 Å². The highest BCUT2D eigenvalue weighted by Gasteiger charge is 2.12. The van der Waals surface area contributed by atoms with Gasteiger partial charge in [-0.1, -0.05) is 51.5 Å². The minimum atomic E-state index is 0.666. The number of hydrogen-bond donors (Lipinski definition) is 0. The van der Waals surface area contributed by atoms with Crippen LogP contribution in [0.2, 0.25) is 0 Å². The lowest BCUT2D eigenvalue weighted by molar-refractivity contribution is 0.419. The van der Waals surface area contributed by atoms with Gasteiger partial charge in [0.2, 0.25) is 0 Å². The summed E-state index contributed by atoms with van der Waals surface area (Å²) in [5, 5.41) is 0. The van der Waals surface area contributed by atoms with Gasteiger partial charge < -0.3 is 4.74 Å². The van der Waals surface area contributed by atoms with Crippen molar-refractivity contribution in [2.75, 3.05) is 0 Å². The smallest absolute Gasteiger partial charge is 0.127 e. The average molecular weight is 272 g/mol. The Kier molecular flexibility index (Phi) is 7.14. The summed E-state index contributed by atoms with van der Waals surface area (Å²) in [5.41, 5.74) is 2.62. The molecule has 0 heterocycles. The number of benzene rings is 1. The predicted octanol–water partition coefficient (Wildman–Crippen LogP) is 6.05. The second-order valence-corrected chi connectivity index (χ2v) is 5.39. The van der Waals surface area contributed by atoms with Crippen molar-refractivity contribution in [3.8, 4) is 5.75 Å². The van der Waals surface area contributed by atoms with Gasteiger partial charge in [-0.3, -0.25) is 0 Å². The lowest BCUT2D eigenvalue weighted by Crippen LogP contribution is -2.05. The zero-order chi connectivity index (χ0) is 15.0. The monoisotopic (exact) mass is 272 g/mol. The highest BCUT2D eigenvalue weighted by Crippen LogP contribution is 2.27. The van der Waals surface area contributed by atoms with Gasteiger partial charge in [-0.15, -0.1) is 0 Å². The first-order valence-electron chi connectivity index (χ1n) is 7.79. The zero-order valence-electron chi connectivity index (χ0n) is 13.6. The quantitative estimate of drug-likeness (QED) is 0.648. The second kappa shape index (κ2) is 8.63.